The van der Waals surface area contributed by atoms with Crippen LogP contribution >= 0.6 is 9.24 Å². The monoisotopic (exact) mass is 277 g/mol. The Hall–Kier alpha value is -1.91. The molecule has 0 radical (unpaired) electrons. The number of aromatic nitrogens is 1. The second kappa shape index (κ2) is 4.99. The molecule has 7 heteroatoms. The molecule has 0 fully saturated rings. The molecule has 0 aliphatic heterocycles. The van der Waals surface area contributed by atoms with Crippen molar-refractivity contribution in [1.29, 1.82) is 0 Å². The molecule has 1 heterocycles. The summed E-state index contributed by atoms with van der Waals surface area (Å²) < 4.78 is 1.56. The fourth-order valence-corrected chi connectivity index (χ4v) is 2.24. The molecule has 0 saturated carbocycles. The average Bonchev–Trinajstić information content (AvgIpc) is 2.65. The van der Waals surface area contributed by atoms with Crippen LogP contribution in [0.25, 0.3) is 12.2 Å². The van der Waals surface area contributed by atoms with Crippen LogP contribution < -0.4 is 27.7 Å². The van der Waals surface area contributed by atoms with Crippen molar-refractivity contribution in [3.63, 3.8) is 0 Å². The zero-order valence-corrected chi connectivity index (χ0v) is 11.7. The van der Waals surface area contributed by atoms with E-state index in [0.29, 0.717) is 5.84 Å². The predicted octanol–water partition coefficient (Wildman–Crippen LogP) is -0.796. The molecule has 0 spiro atoms. The van der Waals surface area contributed by atoms with E-state index in [2.05, 4.69) is 19.9 Å². The second-order valence-electron chi connectivity index (χ2n) is 4.44. The number of hydrazine groups is 1. The molecule has 1 aliphatic rings. The third-order valence-electron chi connectivity index (χ3n) is 3.08. The predicted molar refractivity (Wildman–Crippen MR) is 79.3 cm³/mol. The minimum Gasteiger partial charge on any atom is -0.385 e. The zero-order valence-electron chi connectivity index (χ0n) is 10.5. The number of carbonyl (C=O) groups excluding carboxylic acids is 1. The Morgan fingerprint density at radius 1 is 1.58 bits per heavy atom. The third kappa shape index (κ3) is 2.45. The van der Waals surface area contributed by atoms with Gasteiger partial charge in [-0.05, 0) is 33.5 Å². The number of rotatable bonds is 2. The number of hydrogen-bond donors (Lipinski definition) is 3. The summed E-state index contributed by atoms with van der Waals surface area (Å²) in [6.07, 6.45) is 9.29. The molecule has 19 heavy (non-hydrogen) atoms. The van der Waals surface area contributed by atoms with E-state index < -0.39 is 5.41 Å². The van der Waals surface area contributed by atoms with Crippen molar-refractivity contribution in [2.75, 3.05) is 0 Å². The maximum absolute atomic E-state index is 11.5. The van der Waals surface area contributed by atoms with Gasteiger partial charge in [-0.15, -0.1) is 0 Å². The fourth-order valence-electron chi connectivity index (χ4n) is 2.01. The van der Waals surface area contributed by atoms with Gasteiger partial charge in [-0.1, -0.05) is 18.2 Å². The van der Waals surface area contributed by atoms with Gasteiger partial charge < -0.3 is 5.73 Å². The topological polar surface area (TPSA) is 98.4 Å². The van der Waals surface area contributed by atoms with E-state index in [1.807, 2.05) is 37.3 Å². The first-order valence-electron chi connectivity index (χ1n) is 5.67. The number of carbonyl (C=O) groups is 1. The largest absolute Gasteiger partial charge is 0.385 e. The van der Waals surface area contributed by atoms with Crippen LogP contribution in [0.1, 0.15) is 6.92 Å². The van der Waals surface area contributed by atoms with Crippen LogP contribution in [0.3, 0.4) is 0 Å². The van der Waals surface area contributed by atoms with E-state index in [4.69, 9.17) is 11.6 Å². The van der Waals surface area contributed by atoms with Gasteiger partial charge in [-0.2, -0.15) is 5.10 Å². The van der Waals surface area contributed by atoms with Crippen molar-refractivity contribution in [2.24, 2.45) is 22.1 Å². The molecule has 1 aromatic rings. The summed E-state index contributed by atoms with van der Waals surface area (Å²) in [6.45, 7) is 1.92. The number of nitrogens with zero attached hydrogens (tertiary/aromatic N) is 2. The van der Waals surface area contributed by atoms with Gasteiger partial charge in [0.05, 0.1) is 10.8 Å². The Kier molecular flexibility index (Phi) is 3.55. The molecule has 0 aromatic carbocycles. The summed E-state index contributed by atoms with van der Waals surface area (Å²) >= 11 is 0. The number of hydrazone groups is 1. The van der Waals surface area contributed by atoms with E-state index in [9.17, 15) is 4.79 Å². The highest BCUT2D eigenvalue weighted by Crippen LogP contribution is 2.21. The van der Waals surface area contributed by atoms with Gasteiger partial charge in [0.1, 0.15) is 5.84 Å². The minimum absolute atomic E-state index is 0.117. The molecule has 0 bridgehead atoms. The quantitative estimate of drug-likeness (QED) is 0.217. The second-order valence-corrected chi connectivity index (χ2v) is 4.94. The van der Waals surface area contributed by atoms with Crippen molar-refractivity contribution < 1.29 is 4.79 Å². The van der Waals surface area contributed by atoms with E-state index in [0.717, 1.165) is 10.6 Å². The molecule has 2 atom stereocenters. The molecule has 2 unspecified atom stereocenters. The summed E-state index contributed by atoms with van der Waals surface area (Å²) in [6, 6.07) is 1.86. The minimum atomic E-state index is -0.565. The van der Waals surface area contributed by atoms with Crippen LogP contribution in [0.4, 0.5) is 4.79 Å². The van der Waals surface area contributed by atoms with Gasteiger partial charge in [0.15, 0.2) is 0 Å². The molecule has 5 N–H and O–H groups in total. The van der Waals surface area contributed by atoms with Crippen LogP contribution in [0.15, 0.2) is 29.5 Å². The van der Waals surface area contributed by atoms with E-state index in [1.54, 1.807) is 10.8 Å². The smallest absolute Gasteiger partial charge is 0.245 e. The van der Waals surface area contributed by atoms with Gasteiger partial charge in [-0.3, -0.25) is 9.36 Å². The van der Waals surface area contributed by atoms with Gasteiger partial charge in [0, 0.05) is 6.20 Å². The number of hydrogen-bond acceptors (Lipinski definition) is 4. The molecule has 0 amide bonds. The number of nitrogens with one attached hydrogen (secondary N) is 1. The molecular weight excluding hydrogens is 261 g/mol. The van der Waals surface area contributed by atoms with Crippen molar-refractivity contribution in [3.8, 4) is 0 Å². The summed E-state index contributed by atoms with van der Waals surface area (Å²) in [7, 11) is 2.15. The van der Waals surface area contributed by atoms with Crippen LogP contribution in [0, 0.1) is 5.41 Å². The number of fused-ring (bicyclic) bond motifs is 1. The van der Waals surface area contributed by atoms with Crippen molar-refractivity contribution in [3.05, 3.63) is 35.0 Å². The lowest BCUT2D eigenvalue weighted by Crippen LogP contribution is -2.37. The van der Waals surface area contributed by atoms with Gasteiger partial charge >= 0.3 is 0 Å². The SMILES string of the molecule is CC1(/C(N)=N/NN)C=CC=c2c(ccn2C(=O)P)=C1. The molecule has 0 saturated heterocycles. The molecule has 100 valence electrons. The summed E-state index contributed by atoms with van der Waals surface area (Å²) in [5, 5.41) is 5.55. The van der Waals surface area contributed by atoms with Gasteiger partial charge in [0.25, 0.3) is 0 Å². The standard InChI is InChI=1S/C12H16N5OP/c1-12(10(13)15-16-14)5-2-3-9-8(7-12)4-6-17(9)11(18)19/h2-7,16H,14,19H2,1H3,(H2,13,15). The molecule has 1 aromatic heterocycles. The number of allylic oxidation sites excluding steroid dienone is 1. The Labute approximate surface area is 112 Å². The Morgan fingerprint density at radius 3 is 2.95 bits per heavy atom. The highest BCUT2D eigenvalue weighted by Gasteiger charge is 2.24. The molecule has 2 rings (SSSR count). The van der Waals surface area contributed by atoms with Gasteiger partial charge in [-0.25, -0.2) is 11.4 Å². The lowest BCUT2D eigenvalue weighted by atomic mass is 9.88. The van der Waals surface area contributed by atoms with Crippen LogP contribution in [0.5, 0.6) is 0 Å². The highest BCUT2D eigenvalue weighted by atomic mass is 31.0. The van der Waals surface area contributed by atoms with Crippen LogP contribution in [-0.2, 0) is 0 Å². The summed E-state index contributed by atoms with van der Waals surface area (Å²) in [5.74, 6) is 5.50. The first-order chi connectivity index (χ1) is 8.98. The van der Waals surface area contributed by atoms with Crippen molar-refractivity contribution in [1.82, 2.24) is 10.1 Å². The Balaban J connectivity index is 2.65. The van der Waals surface area contributed by atoms with Crippen molar-refractivity contribution >= 4 is 32.9 Å². The maximum Gasteiger partial charge on any atom is 0.245 e. The van der Waals surface area contributed by atoms with Crippen LogP contribution in [-0.4, -0.2) is 16.1 Å². The molecule has 6 nitrogen and oxygen atoms in total. The zero-order chi connectivity index (χ0) is 14.0. The van der Waals surface area contributed by atoms with Crippen LogP contribution in [0.2, 0.25) is 0 Å². The first-order valence-corrected chi connectivity index (χ1v) is 6.24. The fraction of sp³-hybridized carbons (Fsp3) is 0.167. The Bertz CT molecular complexity index is 687. The van der Waals surface area contributed by atoms with E-state index >= 15 is 0 Å². The van der Waals surface area contributed by atoms with Gasteiger partial charge in [0.2, 0.25) is 5.65 Å². The van der Waals surface area contributed by atoms with E-state index in [-0.39, 0.29) is 5.65 Å². The lowest BCUT2D eigenvalue weighted by Gasteiger charge is -2.20. The van der Waals surface area contributed by atoms with Crippen molar-refractivity contribution in [2.45, 2.75) is 6.92 Å². The average molecular weight is 277 g/mol. The summed E-state index contributed by atoms with van der Waals surface area (Å²) in [5.41, 5.74) is 7.43. The lowest BCUT2D eigenvalue weighted by molar-refractivity contribution is 0.261. The normalized spacial score (nSPS) is 21.9. The first kappa shape index (κ1) is 13.5. The Morgan fingerprint density at radius 2 is 2.32 bits per heavy atom. The molecular formula is C12H16N5OP. The highest BCUT2D eigenvalue weighted by molar-refractivity contribution is 7.39. The number of nitrogens with two attached hydrogens (primary N) is 2. The number of amidine groups is 1. The van der Waals surface area contributed by atoms with E-state index in [1.165, 1.54) is 0 Å². The third-order valence-corrected chi connectivity index (χ3v) is 3.36. The summed E-state index contributed by atoms with van der Waals surface area (Å²) in [4.78, 5) is 11.5. The molecule has 1 aliphatic carbocycles. The maximum atomic E-state index is 11.5.